The molecule has 1 atom stereocenters. The van der Waals surface area contributed by atoms with Crippen LogP contribution in [0.3, 0.4) is 0 Å². The molecule has 0 amide bonds. The lowest BCUT2D eigenvalue weighted by atomic mass is 10.3. The van der Waals surface area contributed by atoms with Crippen LogP contribution in [-0.2, 0) is 0 Å². The van der Waals surface area contributed by atoms with E-state index in [2.05, 4.69) is 10.6 Å². The van der Waals surface area contributed by atoms with Gasteiger partial charge in [0.2, 0.25) is 0 Å². The first kappa shape index (κ1) is 17.9. The normalized spacial score (nSPS) is 11.3. The van der Waals surface area contributed by atoms with Crippen LogP contribution in [-0.4, -0.2) is 32.0 Å². The maximum Gasteiger partial charge on any atom is 0.171 e. The lowest BCUT2D eigenvalue weighted by Gasteiger charge is -2.18. The fourth-order valence-corrected chi connectivity index (χ4v) is 2.35. The molecular weight excluding hydrogens is 324 g/mol. The number of nitrogens with one attached hydrogen (secondary N) is 2. The summed E-state index contributed by atoms with van der Waals surface area (Å²) < 4.78 is 16.0. The van der Waals surface area contributed by atoms with Gasteiger partial charge in [0.15, 0.2) is 5.11 Å². The van der Waals surface area contributed by atoms with E-state index in [9.17, 15) is 0 Å². The Labute approximate surface area is 147 Å². The van der Waals surface area contributed by atoms with Crippen molar-refractivity contribution in [3.8, 4) is 17.2 Å². The zero-order valence-corrected chi connectivity index (χ0v) is 14.9. The van der Waals surface area contributed by atoms with Crippen molar-refractivity contribution in [2.24, 2.45) is 0 Å². The third-order valence-corrected chi connectivity index (χ3v) is 3.48. The number of ether oxygens (including phenoxy) is 3. The lowest BCUT2D eigenvalue weighted by Crippen LogP contribution is -2.39. The minimum Gasteiger partial charge on any atom is -0.497 e. The summed E-state index contributed by atoms with van der Waals surface area (Å²) in [7, 11) is 3.27. The van der Waals surface area contributed by atoms with Gasteiger partial charge in [0.25, 0.3) is 0 Å². The Hall–Kier alpha value is -2.47. The molecule has 0 saturated heterocycles. The standard InChI is InChI=1S/C18H22N2O3S/c1-13(12-23-16-9-7-15(21-2)8-10-16)19-18(24)20-14-5-4-6-17(11-14)22-3/h4-11,13H,12H2,1-3H3,(H2,19,20,24). The molecule has 0 radical (unpaired) electrons. The molecule has 0 heterocycles. The third kappa shape index (κ3) is 5.62. The van der Waals surface area contributed by atoms with Gasteiger partial charge in [0, 0.05) is 11.8 Å². The van der Waals surface area contributed by atoms with E-state index in [1.807, 2.05) is 55.5 Å². The van der Waals surface area contributed by atoms with Crippen LogP contribution in [0.15, 0.2) is 48.5 Å². The van der Waals surface area contributed by atoms with E-state index in [0.29, 0.717) is 11.7 Å². The van der Waals surface area contributed by atoms with E-state index >= 15 is 0 Å². The first-order valence-electron chi connectivity index (χ1n) is 7.59. The summed E-state index contributed by atoms with van der Waals surface area (Å²) in [5, 5.41) is 6.85. The molecule has 2 aromatic carbocycles. The Morgan fingerprint density at radius 2 is 1.67 bits per heavy atom. The molecule has 0 fully saturated rings. The highest BCUT2D eigenvalue weighted by atomic mass is 32.1. The monoisotopic (exact) mass is 346 g/mol. The van der Waals surface area contributed by atoms with Crippen LogP contribution in [0.5, 0.6) is 17.2 Å². The minimum absolute atomic E-state index is 0.0534. The smallest absolute Gasteiger partial charge is 0.171 e. The topological polar surface area (TPSA) is 51.8 Å². The van der Waals surface area contributed by atoms with Gasteiger partial charge in [0.1, 0.15) is 23.9 Å². The fraction of sp³-hybridized carbons (Fsp3) is 0.278. The summed E-state index contributed by atoms with van der Waals surface area (Å²) in [6, 6.07) is 15.1. The summed E-state index contributed by atoms with van der Waals surface area (Å²) in [5.41, 5.74) is 0.870. The van der Waals surface area contributed by atoms with Crippen LogP contribution >= 0.6 is 12.2 Å². The van der Waals surface area contributed by atoms with Crippen molar-refractivity contribution >= 4 is 23.0 Å². The van der Waals surface area contributed by atoms with Gasteiger partial charge < -0.3 is 24.8 Å². The molecule has 0 saturated carbocycles. The molecule has 0 aliphatic carbocycles. The second-order valence-electron chi connectivity index (χ2n) is 5.22. The van der Waals surface area contributed by atoms with Crippen molar-refractivity contribution < 1.29 is 14.2 Å². The molecule has 0 aliphatic rings. The van der Waals surface area contributed by atoms with Gasteiger partial charge in [0.05, 0.1) is 20.3 Å². The van der Waals surface area contributed by atoms with Crippen LogP contribution in [0.25, 0.3) is 0 Å². The van der Waals surface area contributed by atoms with Gasteiger partial charge in [-0.25, -0.2) is 0 Å². The van der Waals surface area contributed by atoms with E-state index in [1.165, 1.54) is 0 Å². The van der Waals surface area contributed by atoms with Crippen LogP contribution in [0.1, 0.15) is 6.92 Å². The van der Waals surface area contributed by atoms with E-state index < -0.39 is 0 Å². The Balaban J connectivity index is 1.78. The van der Waals surface area contributed by atoms with E-state index in [-0.39, 0.29) is 6.04 Å². The van der Waals surface area contributed by atoms with Gasteiger partial charge in [-0.2, -0.15) is 0 Å². The first-order valence-corrected chi connectivity index (χ1v) is 8.00. The van der Waals surface area contributed by atoms with Crippen molar-refractivity contribution in [2.45, 2.75) is 13.0 Å². The zero-order chi connectivity index (χ0) is 17.4. The van der Waals surface area contributed by atoms with Crippen molar-refractivity contribution in [3.05, 3.63) is 48.5 Å². The van der Waals surface area contributed by atoms with Gasteiger partial charge >= 0.3 is 0 Å². The fourth-order valence-electron chi connectivity index (χ4n) is 2.03. The number of rotatable bonds is 7. The van der Waals surface area contributed by atoms with Crippen molar-refractivity contribution in [3.63, 3.8) is 0 Å². The van der Waals surface area contributed by atoms with Crippen LogP contribution in [0, 0.1) is 0 Å². The molecule has 0 aromatic heterocycles. The summed E-state index contributed by atoms with van der Waals surface area (Å²) >= 11 is 5.32. The van der Waals surface area contributed by atoms with Gasteiger partial charge in [-0.15, -0.1) is 0 Å². The average molecular weight is 346 g/mol. The van der Waals surface area contributed by atoms with Gasteiger partial charge in [-0.05, 0) is 55.5 Å². The number of anilines is 1. The SMILES string of the molecule is COc1ccc(OCC(C)NC(=S)Nc2cccc(OC)c2)cc1. The summed E-state index contributed by atoms with van der Waals surface area (Å²) in [6.07, 6.45) is 0. The molecule has 2 rings (SSSR count). The van der Waals surface area contributed by atoms with E-state index in [0.717, 1.165) is 22.9 Å². The third-order valence-electron chi connectivity index (χ3n) is 3.26. The highest BCUT2D eigenvalue weighted by Crippen LogP contribution is 2.18. The average Bonchev–Trinajstić information content (AvgIpc) is 2.60. The predicted octanol–water partition coefficient (Wildman–Crippen LogP) is 3.46. The largest absolute Gasteiger partial charge is 0.497 e. The highest BCUT2D eigenvalue weighted by Gasteiger charge is 2.06. The molecule has 0 bridgehead atoms. The summed E-state index contributed by atoms with van der Waals surface area (Å²) in [4.78, 5) is 0. The predicted molar refractivity (Wildman–Crippen MR) is 100 cm³/mol. The molecule has 24 heavy (non-hydrogen) atoms. The molecule has 0 spiro atoms. The quantitative estimate of drug-likeness (QED) is 0.749. The molecular formula is C18H22N2O3S. The molecule has 0 aliphatic heterocycles. The zero-order valence-electron chi connectivity index (χ0n) is 14.0. The van der Waals surface area contributed by atoms with Crippen LogP contribution in [0.2, 0.25) is 0 Å². The van der Waals surface area contributed by atoms with Gasteiger partial charge in [-0.3, -0.25) is 0 Å². The number of hydrogen-bond donors (Lipinski definition) is 2. The van der Waals surface area contributed by atoms with Crippen molar-refractivity contribution in [1.82, 2.24) is 5.32 Å². The second-order valence-corrected chi connectivity index (χ2v) is 5.63. The lowest BCUT2D eigenvalue weighted by molar-refractivity contribution is 0.286. The number of benzene rings is 2. The van der Waals surface area contributed by atoms with E-state index in [1.54, 1.807) is 14.2 Å². The maximum atomic E-state index is 5.73. The first-order chi connectivity index (χ1) is 11.6. The van der Waals surface area contributed by atoms with Crippen LogP contribution in [0.4, 0.5) is 5.69 Å². The second kappa shape index (κ2) is 8.98. The summed E-state index contributed by atoms with van der Waals surface area (Å²) in [5.74, 6) is 2.37. The Kier molecular flexibility index (Phi) is 6.69. The molecule has 2 N–H and O–H groups in total. The van der Waals surface area contributed by atoms with Gasteiger partial charge in [-0.1, -0.05) is 6.07 Å². The number of thiocarbonyl (C=S) groups is 1. The number of hydrogen-bond acceptors (Lipinski definition) is 4. The molecule has 128 valence electrons. The molecule has 1 unspecified atom stereocenters. The van der Waals surface area contributed by atoms with Crippen LogP contribution < -0.4 is 24.8 Å². The Morgan fingerprint density at radius 3 is 2.33 bits per heavy atom. The van der Waals surface area contributed by atoms with Crippen molar-refractivity contribution in [2.75, 3.05) is 26.1 Å². The minimum atomic E-state index is 0.0534. The molecule has 6 heteroatoms. The highest BCUT2D eigenvalue weighted by molar-refractivity contribution is 7.80. The molecule has 2 aromatic rings. The Morgan fingerprint density at radius 1 is 1.00 bits per heavy atom. The molecule has 5 nitrogen and oxygen atoms in total. The maximum absolute atomic E-state index is 5.73. The van der Waals surface area contributed by atoms with Crippen molar-refractivity contribution in [1.29, 1.82) is 0 Å². The Bertz CT molecular complexity index is 662. The number of methoxy groups -OCH3 is 2. The summed E-state index contributed by atoms with van der Waals surface area (Å²) in [6.45, 7) is 2.50. The van der Waals surface area contributed by atoms with E-state index in [4.69, 9.17) is 26.4 Å².